The molecule has 1 atom stereocenters. The average Bonchev–Trinajstić information content (AvgIpc) is 2.32. The van der Waals surface area contributed by atoms with Crippen molar-refractivity contribution in [1.82, 2.24) is 5.32 Å². The van der Waals surface area contributed by atoms with Crippen LogP contribution in [0.5, 0.6) is 0 Å². The lowest BCUT2D eigenvalue weighted by Gasteiger charge is -2.17. The molecule has 1 rings (SSSR count). The zero-order chi connectivity index (χ0) is 13.4. The van der Waals surface area contributed by atoms with Gasteiger partial charge < -0.3 is 5.32 Å². The van der Waals surface area contributed by atoms with E-state index in [1.165, 1.54) is 44.1 Å². The van der Waals surface area contributed by atoms with E-state index in [4.69, 9.17) is 0 Å². The van der Waals surface area contributed by atoms with E-state index in [-0.39, 0.29) is 0 Å². The molecule has 0 aliphatic heterocycles. The monoisotopic (exact) mass is 375 g/mol. The highest BCUT2D eigenvalue weighted by molar-refractivity contribution is 9.11. The minimum absolute atomic E-state index is 0.459. The first-order valence-electron chi connectivity index (χ1n) is 6.80. The van der Waals surface area contributed by atoms with E-state index >= 15 is 0 Å². The molecule has 1 nitrogen and oxygen atoms in total. The maximum absolute atomic E-state index is 3.56. The molecule has 1 N–H and O–H groups in total. The van der Waals surface area contributed by atoms with Gasteiger partial charge in [0.05, 0.1) is 0 Å². The molecule has 0 fully saturated rings. The largest absolute Gasteiger partial charge is 0.313 e. The molecule has 0 saturated carbocycles. The summed E-state index contributed by atoms with van der Waals surface area (Å²) in [7, 11) is 2.05. The Hall–Kier alpha value is 0.140. The molecule has 18 heavy (non-hydrogen) atoms. The molecule has 0 spiro atoms. The Kier molecular flexibility index (Phi) is 8.20. The van der Waals surface area contributed by atoms with Crippen LogP contribution in [0.1, 0.15) is 57.1 Å². The summed E-state index contributed by atoms with van der Waals surface area (Å²) in [6.45, 7) is 2.26. The highest BCUT2D eigenvalue weighted by Gasteiger charge is 2.10. The second-order valence-electron chi connectivity index (χ2n) is 4.75. The average molecular weight is 377 g/mol. The molecule has 102 valence electrons. The first-order valence-corrected chi connectivity index (χ1v) is 8.39. The summed E-state index contributed by atoms with van der Waals surface area (Å²) >= 11 is 7.11. The van der Waals surface area contributed by atoms with Crippen molar-refractivity contribution in [2.24, 2.45) is 0 Å². The summed E-state index contributed by atoms with van der Waals surface area (Å²) in [5.41, 5.74) is 1.36. The van der Waals surface area contributed by atoms with Crippen LogP contribution >= 0.6 is 31.9 Å². The molecular formula is C15H23Br2N. The van der Waals surface area contributed by atoms with E-state index in [2.05, 4.69) is 62.3 Å². The van der Waals surface area contributed by atoms with E-state index < -0.39 is 0 Å². The highest BCUT2D eigenvalue weighted by atomic mass is 79.9. The number of benzene rings is 1. The number of hydrogen-bond acceptors (Lipinski definition) is 1. The maximum Gasteiger partial charge on any atom is 0.0318 e. The molecule has 0 aromatic heterocycles. The molecule has 0 amide bonds. The second-order valence-corrected chi connectivity index (χ2v) is 6.58. The normalized spacial score (nSPS) is 12.7. The van der Waals surface area contributed by atoms with Gasteiger partial charge in [-0.1, -0.05) is 70.9 Å². The predicted octanol–water partition coefficient (Wildman–Crippen LogP) is 5.83. The highest BCUT2D eigenvalue weighted by Crippen LogP contribution is 2.27. The van der Waals surface area contributed by atoms with Crippen molar-refractivity contribution in [2.75, 3.05) is 7.05 Å². The Morgan fingerprint density at radius 3 is 2.17 bits per heavy atom. The lowest BCUT2D eigenvalue weighted by molar-refractivity contribution is 0.500. The molecule has 3 heteroatoms. The molecule has 0 bridgehead atoms. The molecule has 0 aliphatic carbocycles. The fourth-order valence-electron chi connectivity index (χ4n) is 2.21. The van der Waals surface area contributed by atoms with E-state index in [0.717, 1.165) is 8.95 Å². The Morgan fingerprint density at radius 1 is 1.00 bits per heavy atom. The van der Waals surface area contributed by atoms with Crippen LogP contribution in [0.3, 0.4) is 0 Å². The summed E-state index contributed by atoms with van der Waals surface area (Å²) in [6.07, 6.45) is 7.91. The first kappa shape index (κ1) is 16.2. The molecule has 0 heterocycles. The molecule has 0 aliphatic rings. The van der Waals surface area contributed by atoms with Crippen LogP contribution in [0.15, 0.2) is 27.1 Å². The number of nitrogens with one attached hydrogen (secondary N) is 1. The van der Waals surface area contributed by atoms with Crippen LogP contribution < -0.4 is 5.32 Å². The Labute approximate surface area is 128 Å². The van der Waals surface area contributed by atoms with Gasteiger partial charge in [-0.05, 0) is 37.2 Å². The third-order valence-electron chi connectivity index (χ3n) is 3.23. The van der Waals surface area contributed by atoms with Crippen LogP contribution in [0.25, 0.3) is 0 Å². The van der Waals surface area contributed by atoms with Gasteiger partial charge in [0.25, 0.3) is 0 Å². The van der Waals surface area contributed by atoms with E-state index in [9.17, 15) is 0 Å². The van der Waals surface area contributed by atoms with Gasteiger partial charge in [0.15, 0.2) is 0 Å². The smallest absolute Gasteiger partial charge is 0.0318 e. The zero-order valence-electron chi connectivity index (χ0n) is 11.3. The lowest BCUT2D eigenvalue weighted by Crippen LogP contribution is -2.16. The number of hydrogen-bond donors (Lipinski definition) is 1. The first-order chi connectivity index (χ1) is 8.67. The van der Waals surface area contributed by atoms with Gasteiger partial charge in [0, 0.05) is 15.0 Å². The van der Waals surface area contributed by atoms with Gasteiger partial charge in [0.2, 0.25) is 0 Å². The lowest BCUT2D eigenvalue weighted by atomic mass is 10.00. The van der Waals surface area contributed by atoms with Gasteiger partial charge in [-0.25, -0.2) is 0 Å². The van der Waals surface area contributed by atoms with Crippen LogP contribution in [-0.4, -0.2) is 7.05 Å². The van der Waals surface area contributed by atoms with E-state index in [1.807, 2.05) is 7.05 Å². The number of rotatable bonds is 8. The number of unbranched alkanes of at least 4 members (excludes halogenated alkanes) is 4. The minimum atomic E-state index is 0.459. The van der Waals surface area contributed by atoms with Gasteiger partial charge in [-0.2, -0.15) is 0 Å². The van der Waals surface area contributed by atoms with Crippen LogP contribution in [0.2, 0.25) is 0 Å². The second kappa shape index (κ2) is 9.11. The van der Waals surface area contributed by atoms with Gasteiger partial charge in [-0.3, -0.25) is 0 Å². The van der Waals surface area contributed by atoms with Crippen molar-refractivity contribution in [2.45, 2.75) is 51.5 Å². The van der Waals surface area contributed by atoms with Crippen LogP contribution in [0.4, 0.5) is 0 Å². The van der Waals surface area contributed by atoms with Crippen molar-refractivity contribution in [3.8, 4) is 0 Å². The topological polar surface area (TPSA) is 12.0 Å². The molecule has 0 radical (unpaired) electrons. The summed E-state index contributed by atoms with van der Waals surface area (Å²) in [4.78, 5) is 0. The molecular weight excluding hydrogens is 354 g/mol. The van der Waals surface area contributed by atoms with Crippen molar-refractivity contribution in [3.05, 3.63) is 32.7 Å². The Balaban J connectivity index is 2.49. The third kappa shape index (κ3) is 5.85. The quantitative estimate of drug-likeness (QED) is 0.562. The van der Waals surface area contributed by atoms with Crippen LogP contribution in [-0.2, 0) is 0 Å². The fourth-order valence-corrected chi connectivity index (χ4v) is 3.54. The fraction of sp³-hybridized carbons (Fsp3) is 0.600. The van der Waals surface area contributed by atoms with Crippen molar-refractivity contribution in [1.29, 1.82) is 0 Å². The van der Waals surface area contributed by atoms with Gasteiger partial charge >= 0.3 is 0 Å². The third-order valence-corrected chi connectivity index (χ3v) is 4.15. The molecule has 1 unspecified atom stereocenters. The predicted molar refractivity (Wildman–Crippen MR) is 87.0 cm³/mol. The maximum atomic E-state index is 3.56. The van der Waals surface area contributed by atoms with Crippen molar-refractivity contribution < 1.29 is 0 Å². The van der Waals surface area contributed by atoms with E-state index in [1.54, 1.807) is 0 Å². The van der Waals surface area contributed by atoms with Gasteiger partial charge in [0.1, 0.15) is 0 Å². The minimum Gasteiger partial charge on any atom is -0.313 e. The van der Waals surface area contributed by atoms with Crippen molar-refractivity contribution >= 4 is 31.9 Å². The SMILES string of the molecule is CCCCCCCC(NC)c1cc(Br)cc(Br)c1. The summed E-state index contributed by atoms with van der Waals surface area (Å²) in [5, 5.41) is 3.42. The van der Waals surface area contributed by atoms with Crippen LogP contribution in [0, 0.1) is 0 Å². The van der Waals surface area contributed by atoms with E-state index in [0.29, 0.717) is 6.04 Å². The summed E-state index contributed by atoms with van der Waals surface area (Å²) < 4.78 is 2.27. The number of halogens is 2. The van der Waals surface area contributed by atoms with Crippen molar-refractivity contribution in [3.63, 3.8) is 0 Å². The zero-order valence-corrected chi connectivity index (χ0v) is 14.5. The summed E-state index contributed by atoms with van der Waals surface area (Å²) in [5.74, 6) is 0. The summed E-state index contributed by atoms with van der Waals surface area (Å²) in [6, 6.07) is 6.95. The molecule has 1 aromatic rings. The van der Waals surface area contributed by atoms with Gasteiger partial charge in [-0.15, -0.1) is 0 Å². The molecule has 1 aromatic carbocycles. The molecule has 0 saturated heterocycles. The Morgan fingerprint density at radius 2 is 1.61 bits per heavy atom. The standard InChI is InChI=1S/C15H23Br2N/c1-3-4-5-6-7-8-15(18-2)12-9-13(16)11-14(17)10-12/h9-11,15,18H,3-8H2,1-2H3. The Bertz CT molecular complexity index is 332.